The number of amides is 1. The maximum Gasteiger partial charge on any atom is 0.237 e. The first-order valence-corrected chi connectivity index (χ1v) is 6.87. The van der Waals surface area contributed by atoms with Gasteiger partial charge in [0.25, 0.3) is 0 Å². The van der Waals surface area contributed by atoms with E-state index < -0.39 is 0 Å². The number of piperidine rings is 1. The molecule has 3 heteroatoms. The minimum Gasteiger partial charge on any atom is -0.351 e. The van der Waals surface area contributed by atoms with E-state index in [1.54, 1.807) is 0 Å². The number of carbonyl (C=O) groups excluding carboxylic acids is 1. The van der Waals surface area contributed by atoms with Gasteiger partial charge in [-0.15, -0.1) is 0 Å². The number of nitrogens with zero attached hydrogens (tertiary/aromatic N) is 1. The molecule has 18 heavy (non-hydrogen) atoms. The molecule has 0 spiro atoms. The molecule has 0 aromatic heterocycles. The lowest BCUT2D eigenvalue weighted by Gasteiger charge is -2.33. The van der Waals surface area contributed by atoms with Crippen molar-refractivity contribution in [2.24, 2.45) is 0 Å². The van der Waals surface area contributed by atoms with Crippen LogP contribution in [0.5, 0.6) is 0 Å². The molecule has 2 rings (SSSR count). The molecule has 1 saturated heterocycles. The van der Waals surface area contributed by atoms with Crippen molar-refractivity contribution >= 4 is 5.91 Å². The maximum absolute atomic E-state index is 12.2. The van der Waals surface area contributed by atoms with Gasteiger partial charge in [0.05, 0.1) is 6.04 Å². The third-order valence-corrected chi connectivity index (χ3v) is 3.63. The van der Waals surface area contributed by atoms with Crippen LogP contribution in [-0.4, -0.2) is 29.9 Å². The molecule has 1 heterocycles. The number of likely N-dealkylation sites (N-methyl/N-ethyl adjacent to an activating group) is 1. The summed E-state index contributed by atoms with van der Waals surface area (Å²) in [6, 6.07) is 10.1. The van der Waals surface area contributed by atoms with Gasteiger partial charge in [-0.2, -0.15) is 0 Å². The zero-order chi connectivity index (χ0) is 12.8. The zero-order valence-electron chi connectivity index (χ0n) is 11.1. The van der Waals surface area contributed by atoms with Gasteiger partial charge in [0.15, 0.2) is 0 Å². The molecule has 1 fully saturated rings. The largest absolute Gasteiger partial charge is 0.351 e. The summed E-state index contributed by atoms with van der Waals surface area (Å²) in [5.74, 6) is 0.181. The lowest BCUT2D eigenvalue weighted by atomic mass is 10.0. The fourth-order valence-corrected chi connectivity index (χ4v) is 2.57. The van der Waals surface area contributed by atoms with Crippen molar-refractivity contribution in [1.82, 2.24) is 10.2 Å². The zero-order valence-corrected chi connectivity index (χ0v) is 11.1. The van der Waals surface area contributed by atoms with Gasteiger partial charge in [0, 0.05) is 6.54 Å². The van der Waals surface area contributed by atoms with Crippen LogP contribution in [0.15, 0.2) is 30.3 Å². The molecule has 0 bridgehead atoms. The minimum absolute atomic E-state index is 0.0764. The van der Waals surface area contributed by atoms with Crippen LogP contribution in [0, 0.1) is 0 Å². The molecule has 0 saturated carbocycles. The molecule has 0 radical (unpaired) electrons. The smallest absolute Gasteiger partial charge is 0.237 e. The number of rotatable bonds is 4. The summed E-state index contributed by atoms with van der Waals surface area (Å²) >= 11 is 0. The summed E-state index contributed by atoms with van der Waals surface area (Å²) in [4.78, 5) is 14.5. The van der Waals surface area contributed by atoms with Gasteiger partial charge in [-0.3, -0.25) is 9.69 Å². The Hall–Kier alpha value is -1.35. The van der Waals surface area contributed by atoms with Crippen molar-refractivity contribution in [3.05, 3.63) is 35.9 Å². The summed E-state index contributed by atoms with van der Waals surface area (Å²) in [6.07, 6.45) is 3.38. The number of likely N-dealkylation sites (tertiary alicyclic amines) is 1. The average Bonchev–Trinajstić information content (AvgIpc) is 2.45. The highest BCUT2D eigenvalue weighted by molar-refractivity contribution is 5.81. The Morgan fingerprint density at radius 3 is 2.83 bits per heavy atom. The van der Waals surface area contributed by atoms with E-state index in [4.69, 9.17) is 0 Å². The first kappa shape index (κ1) is 13.1. The molecule has 1 aromatic carbocycles. The summed E-state index contributed by atoms with van der Waals surface area (Å²) in [7, 11) is 0. The van der Waals surface area contributed by atoms with E-state index in [1.807, 2.05) is 30.3 Å². The van der Waals surface area contributed by atoms with Crippen LogP contribution in [0.1, 0.15) is 31.7 Å². The highest BCUT2D eigenvalue weighted by Gasteiger charge is 2.26. The van der Waals surface area contributed by atoms with Crippen molar-refractivity contribution in [2.45, 2.75) is 38.8 Å². The van der Waals surface area contributed by atoms with Crippen LogP contribution in [0.3, 0.4) is 0 Å². The Bertz CT molecular complexity index is 377. The molecule has 1 aliphatic heterocycles. The Morgan fingerprint density at radius 2 is 2.11 bits per heavy atom. The van der Waals surface area contributed by atoms with Gasteiger partial charge in [-0.1, -0.05) is 43.7 Å². The molecule has 98 valence electrons. The monoisotopic (exact) mass is 246 g/mol. The summed E-state index contributed by atoms with van der Waals surface area (Å²) in [6.45, 7) is 4.78. The average molecular weight is 246 g/mol. The lowest BCUT2D eigenvalue weighted by molar-refractivity contribution is -0.127. The van der Waals surface area contributed by atoms with E-state index in [-0.39, 0.29) is 11.9 Å². The fourth-order valence-electron chi connectivity index (χ4n) is 2.57. The Labute approximate surface area is 109 Å². The van der Waals surface area contributed by atoms with Crippen molar-refractivity contribution in [2.75, 3.05) is 13.1 Å². The minimum atomic E-state index is 0.0764. The maximum atomic E-state index is 12.2. The topological polar surface area (TPSA) is 32.3 Å². The SMILES string of the molecule is CCN1CCCC[C@H]1C(=O)NCc1ccccc1. The third-order valence-electron chi connectivity index (χ3n) is 3.63. The van der Waals surface area contributed by atoms with Crippen molar-refractivity contribution < 1.29 is 4.79 Å². The van der Waals surface area contributed by atoms with Crippen LogP contribution in [0.25, 0.3) is 0 Å². The number of benzene rings is 1. The highest BCUT2D eigenvalue weighted by atomic mass is 16.2. The molecule has 1 N–H and O–H groups in total. The van der Waals surface area contributed by atoms with E-state index in [9.17, 15) is 4.79 Å². The van der Waals surface area contributed by atoms with Crippen molar-refractivity contribution in [3.63, 3.8) is 0 Å². The normalized spacial score (nSPS) is 20.6. The number of hydrogen-bond acceptors (Lipinski definition) is 2. The van der Waals surface area contributed by atoms with Gasteiger partial charge >= 0.3 is 0 Å². The second kappa shape index (κ2) is 6.55. The highest BCUT2D eigenvalue weighted by Crippen LogP contribution is 2.16. The second-order valence-corrected chi connectivity index (χ2v) is 4.84. The summed E-state index contributed by atoms with van der Waals surface area (Å²) in [5.41, 5.74) is 1.16. The Balaban J connectivity index is 1.87. The van der Waals surface area contributed by atoms with Gasteiger partial charge in [0.2, 0.25) is 5.91 Å². The predicted octanol–water partition coefficient (Wildman–Crippen LogP) is 2.18. The second-order valence-electron chi connectivity index (χ2n) is 4.84. The van der Waals surface area contributed by atoms with Gasteiger partial charge in [-0.25, -0.2) is 0 Å². The third kappa shape index (κ3) is 3.33. The van der Waals surface area contributed by atoms with Crippen LogP contribution in [0.2, 0.25) is 0 Å². The first-order chi connectivity index (χ1) is 8.81. The summed E-state index contributed by atoms with van der Waals surface area (Å²) in [5, 5.41) is 3.05. The Kier molecular flexibility index (Phi) is 4.76. The van der Waals surface area contributed by atoms with Crippen LogP contribution >= 0.6 is 0 Å². The Morgan fingerprint density at radius 1 is 1.33 bits per heavy atom. The quantitative estimate of drug-likeness (QED) is 0.883. The van der Waals surface area contributed by atoms with Crippen LogP contribution in [0.4, 0.5) is 0 Å². The van der Waals surface area contributed by atoms with E-state index in [1.165, 1.54) is 12.8 Å². The summed E-state index contributed by atoms with van der Waals surface area (Å²) < 4.78 is 0. The predicted molar refractivity (Wildman–Crippen MR) is 73.2 cm³/mol. The molecule has 1 atom stereocenters. The molecular formula is C15H22N2O. The van der Waals surface area contributed by atoms with E-state index in [2.05, 4.69) is 17.1 Å². The van der Waals surface area contributed by atoms with Crippen LogP contribution < -0.4 is 5.32 Å². The number of hydrogen-bond donors (Lipinski definition) is 1. The van der Waals surface area contributed by atoms with E-state index in [0.29, 0.717) is 6.54 Å². The fraction of sp³-hybridized carbons (Fsp3) is 0.533. The van der Waals surface area contributed by atoms with Crippen LogP contribution in [-0.2, 0) is 11.3 Å². The molecule has 0 aliphatic carbocycles. The molecule has 1 aromatic rings. The lowest BCUT2D eigenvalue weighted by Crippen LogP contribution is -2.49. The molecule has 1 amide bonds. The number of carbonyl (C=O) groups is 1. The molecular weight excluding hydrogens is 224 g/mol. The van der Waals surface area contributed by atoms with Crippen molar-refractivity contribution in [3.8, 4) is 0 Å². The molecule has 0 unspecified atom stereocenters. The molecule has 1 aliphatic rings. The first-order valence-electron chi connectivity index (χ1n) is 6.87. The van der Waals surface area contributed by atoms with Crippen molar-refractivity contribution in [1.29, 1.82) is 0 Å². The van der Waals surface area contributed by atoms with E-state index >= 15 is 0 Å². The van der Waals surface area contributed by atoms with Gasteiger partial charge < -0.3 is 5.32 Å². The van der Waals surface area contributed by atoms with Gasteiger partial charge in [0.1, 0.15) is 0 Å². The number of nitrogens with one attached hydrogen (secondary N) is 1. The molecule has 3 nitrogen and oxygen atoms in total. The van der Waals surface area contributed by atoms with E-state index in [0.717, 1.165) is 25.1 Å². The van der Waals surface area contributed by atoms with Gasteiger partial charge in [-0.05, 0) is 31.5 Å². The standard InChI is InChI=1S/C15H22N2O/c1-2-17-11-7-6-10-14(17)15(18)16-12-13-8-4-3-5-9-13/h3-5,8-9,14H,2,6-7,10-12H2,1H3,(H,16,18)/t14-/m0/s1.